The number of hydrazine groups is 1. The maximum Gasteiger partial charge on any atom is 0.422 e. The van der Waals surface area contributed by atoms with Crippen molar-refractivity contribution in [2.45, 2.75) is 72.4 Å². The van der Waals surface area contributed by atoms with Crippen LogP contribution in [0.1, 0.15) is 60.8 Å². The van der Waals surface area contributed by atoms with E-state index in [0.29, 0.717) is 11.5 Å². The average molecular weight is 268 g/mol. The number of fused-ring (bicyclic) bond motifs is 2. The van der Waals surface area contributed by atoms with E-state index in [-0.39, 0.29) is 5.41 Å². The molecule has 2 bridgehead atoms. The molecule has 0 aromatic rings. The van der Waals surface area contributed by atoms with E-state index < -0.39 is 11.7 Å². The lowest BCUT2D eigenvalue weighted by Gasteiger charge is -2.39. The Bertz CT molecular complexity index is 373. The number of rotatable bonds is 2. The first kappa shape index (κ1) is 14.6. The van der Waals surface area contributed by atoms with Gasteiger partial charge in [-0.05, 0) is 56.8 Å². The summed E-state index contributed by atoms with van der Waals surface area (Å²) in [5.41, 5.74) is 6.07. The van der Waals surface area contributed by atoms with Gasteiger partial charge < -0.3 is 4.74 Å². The Morgan fingerprint density at radius 2 is 1.89 bits per heavy atom. The number of nitrogens with one attached hydrogen (secondary N) is 2. The largest absolute Gasteiger partial charge is 0.443 e. The van der Waals surface area contributed by atoms with E-state index in [0.717, 1.165) is 12.3 Å². The molecular formula is C15H28N2O2. The van der Waals surface area contributed by atoms with Crippen molar-refractivity contribution in [2.24, 2.45) is 16.7 Å². The highest BCUT2D eigenvalue weighted by atomic mass is 16.6. The van der Waals surface area contributed by atoms with Crippen molar-refractivity contribution in [2.75, 3.05) is 0 Å². The van der Waals surface area contributed by atoms with Crippen molar-refractivity contribution >= 4 is 6.09 Å². The minimum Gasteiger partial charge on any atom is -0.443 e. The smallest absolute Gasteiger partial charge is 0.422 e. The zero-order chi connectivity index (χ0) is 14.5. The van der Waals surface area contributed by atoms with Crippen LogP contribution in [-0.4, -0.2) is 17.7 Å². The molecule has 0 heterocycles. The van der Waals surface area contributed by atoms with Crippen LogP contribution in [0.15, 0.2) is 0 Å². The predicted octanol–water partition coefficient (Wildman–Crippen LogP) is 3.23. The summed E-state index contributed by atoms with van der Waals surface area (Å²) in [5.74, 6) is 0.760. The minimum atomic E-state index is -0.455. The molecule has 0 radical (unpaired) electrons. The lowest BCUT2D eigenvalue weighted by Crippen LogP contribution is -2.52. The normalized spacial score (nSPS) is 36.3. The molecule has 0 aromatic heterocycles. The number of ether oxygens (including phenoxy) is 1. The summed E-state index contributed by atoms with van der Waals surface area (Å²) < 4.78 is 5.25. The summed E-state index contributed by atoms with van der Waals surface area (Å²) in [6.07, 6.45) is 3.29. The Morgan fingerprint density at radius 1 is 1.26 bits per heavy atom. The van der Waals surface area contributed by atoms with E-state index in [9.17, 15) is 4.79 Å². The van der Waals surface area contributed by atoms with Crippen LogP contribution in [0, 0.1) is 16.7 Å². The molecule has 2 N–H and O–H groups in total. The van der Waals surface area contributed by atoms with Crippen LogP contribution in [0.3, 0.4) is 0 Å². The van der Waals surface area contributed by atoms with Crippen molar-refractivity contribution in [3.05, 3.63) is 0 Å². The monoisotopic (exact) mass is 268 g/mol. The van der Waals surface area contributed by atoms with Gasteiger partial charge in [0.05, 0.1) is 0 Å². The molecule has 3 atom stereocenters. The fourth-order valence-electron chi connectivity index (χ4n) is 3.87. The topological polar surface area (TPSA) is 50.4 Å². The summed E-state index contributed by atoms with van der Waals surface area (Å²) >= 11 is 0. The van der Waals surface area contributed by atoms with Crippen LogP contribution in [0.2, 0.25) is 0 Å². The molecular weight excluding hydrogens is 240 g/mol. The van der Waals surface area contributed by atoms with Crippen LogP contribution >= 0.6 is 0 Å². The van der Waals surface area contributed by atoms with Crippen LogP contribution in [0.25, 0.3) is 0 Å². The van der Waals surface area contributed by atoms with Crippen LogP contribution < -0.4 is 10.9 Å². The van der Waals surface area contributed by atoms with E-state index >= 15 is 0 Å². The van der Waals surface area contributed by atoms with Gasteiger partial charge >= 0.3 is 6.09 Å². The molecule has 2 rings (SSSR count). The van der Waals surface area contributed by atoms with E-state index in [1.165, 1.54) is 12.8 Å². The lowest BCUT2D eigenvalue weighted by molar-refractivity contribution is 0.0441. The third kappa shape index (κ3) is 2.47. The Labute approximate surface area is 116 Å². The van der Waals surface area contributed by atoms with Crippen molar-refractivity contribution < 1.29 is 9.53 Å². The average Bonchev–Trinajstić information content (AvgIpc) is 2.56. The van der Waals surface area contributed by atoms with Gasteiger partial charge in [0.2, 0.25) is 0 Å². The number of amides is 1. The molecule has 2 aliphatic carbocycles. The standard InChI is InChI=1S/C15H28N2O2/c1-13(2,3)19-12(18)17-16-11-9-10-7-8-15(11,6)14(10,4)5/h10-11,16H,7-9H2,1-6H3,(H,17,18). The molecule has 0 spiro atoms. The maximum atomic E-state index is 11.7. The van der Waals surface area contributed by atoms with Gasteiger partial charge in [-0.2, -0.15) is 0 Å². The van der Waals surface area contributed by atoms with Crippen LogP contribution in [0.4, 0.5) is 4.79 Å². The molecule has 4 nitrogen and oxygen atoms in total. The van der Waals surface area contributed by atoms with Gasteiger partial charge in [0, 0.05) is 6.04 Å². The van der Waals surface area contributed by atoms with E-state index in [1.807, 2.05) is 20.8 Å². The number of hydrogen-bond donors (Lipinski definition) is 2. The fraction of sp³-hybridized carbons (Fsp3) is 0.933. The second-order valence-corrected chi connectivity index (χ2v) is 7.93. The van der Waals surface area contributed by atoms with Crippen molar-refractivity contribution in [3.63, 3.8) is 0 Å². The first-order valence-corrected chi connectivity index (χ1v) is 7.31. The first-order chi connectivity index (χ1) is 8.56. The lowest BCUT2D eigenvalue weighted by atomic mass is 9.69. The summed E-state index contributed by atoms with van der Waals surface area (Å²) in [6.45, 7) is 12.7. The number of carbonyl (C=O) groups excluding carboxylic acids is 1. The highest BCUT2D eigenvalue weighted by molar-refractivity contribution is 5.67. The molecule has 0 aromatic carbocycles. The van der Waals surface area contributed by atoms with Crippen molar-refractivity contribution in [1.29, 1.82) is 0 Å². The number of carbonyl (C=O) groups is 1. The summed E-state index contributed by atoms with van der Waals surface area (Å²) in [4.78, 5) is 11.7. The molecule has 3 unspecified atom stereocenters. The summed E-state index contributed by atoms with van der Waals surface area (Å²) in [5, 5.41) is 0. The Hall–Kier alpha value is -0.770. The number of hydrogen-bond acceptors (Lipinski definition) is 3. The zero-order valence-electron chi connectivity index (χ0n) is 13.1. The zero-order valence-corrected chi connectivity index (χ0v) is 13.1. The SMILES string of the molecule is CC(C)(C)OC(=O)NNC1CC2CCC1(C)C2(C)C. The van der Waals surface area contributed by atoms with Gasteiger partial charge in [-0.1, -0.05) is 20.8 Å². The first-order valence-electron chi connectivity index (χ1n) is 7.31. The summed E-state index contributed by atoms with van der Waals surface area (Å²) in [7, 11) is 0. The molecule has 1 amide bonds. The fourth-order valence-corrected chi connectivity index (χ4v) is 3.87. The molecule has 110 valence electrons. The minimum absolute atomic E-state index is 0.257. The van der Waals surface area contributed by atoms with Crippen LogP contribution in [-0.2, 0) is 4.74 Å². The Balaban J connectivity index is 1.91. The molecule has 0 aliphatic heterocycles. The Morgan fingerprint density at radius 3 is 2.32 bits per heavy atom. The Kier molecular flexibility index (Phi) is 3.37. The van der Waals surface area contributed by atoms with Gasteiger partial charge in [0.1, 0.15) is 5.60 Å². The quantitative estimate of drug-likeness (QED) is 0.756. The van der Waals surface area contributed by atoms with Crippen LogP contribution in [0.5, 0.6) is 0 Å². The van der Waals surface area contributed by atoms with Crippen molar-refractivity contribution in [3.8, 4) is 0 Å². The molecule has 19 heavy (non-hydrogen) atoms. The highest BCUT2D eigenvalue weighted by Gasteiger charge is 2.61. The highest BCUT2D eigenvalue weighted by Crippen LogP contribution is 2.65. The van der Waals surface area contributed by atoms with Gasteiger partial charge in [0.15, 0.2) is 0 Å². The van der Waals surface area contributed by atoms with E-state index in [2.05, 4.69) is 31.6 Å². The maximum absolute atomic E-state index is 11.7. The summed E-state index contributed by atoms with van der Waals surface area (Å²) in [6, 6.07) is 0.341. The van der Waals surface area contributed by atoms with Gasteiger partial charge in [0.25, 0.3) is 0 Å². The third-order valence-electron chi connectivity index (χ3n) is 5.54. The van der Waals surface area contributed by atoms with Gasteiger partial charge in [-0.15, -0.1) is 0 Å². The van der Waals surface area contributed by atoms with Crippen molar-refractivity contribution in [1.82, 2.24) is 10.9 Å². The molecule has 4 heteroatoms. The van der Waals surface area contributed by atoms with Gasteiger partial charge in [-0.25, -0.2) is 10.2 Å². The van der Waals surface area contributed by atoms with Gasteiger partial charge in [-0.3, -0.25) is 5.43 Å². The molecule has 2 aliphatic rings. The van der Waals surface area contributed by atoms with E-state index in [4.69, 9.17) is 4.74 Å². The second kappa shape index (κ2) is 4.37. The third-order valence-corrected chi connectivity index (χ3v) is 5.54. The van der Waals surface area contributed by atoms with E-state index in [1.54, 1.807) is 0 Å². The molecule has 2 fully saturated rings. The predicted molar refractivity (Wildman–Crippen MR) is 75.5 cm³/mol. The molecule has 0 saturated heterocycles. The second-order valence-electron chi connectivity index (χ2n) is 7.93. The molecule has 2 saturated carbocycles.